The Morgan fingerprint density at radius 2 is 2.27 bits per heavy atom. The molecule has 0 saturated heterocycles. The van der Waals surface area contributed by atoms with Crippen LogP contribution in [0, 0.1) is 6.92 Å². The maximum absolute atomic E-state index is 12.0. The third-order valence-corrected chi connectivity index (χ3v) is 3.28. The number of H-pyrrole nitrogens is 1. The van der Waals surface area contributed by atoms with Gasteiger partial charge in [0, 0.05) is 30.2 Å². The third kappa shape index (κ3) is 2.76. The van der Waals surface area contributed by atoms with Gasteiger partial charge in [-0.2, -0.15) is 5.10 Å². The van der Waals surface area contributed by atoms with Gasteiger partial charge in [0.2, 0.25) is 5.91 Å². The summed E-state index contributed by atoms with van der Waals surface area (Å²) in [6.45, 7) is 3.77. The summed E-state index contributed by atoms with van der Waals surface area (Å²) in [6, 6.07) is 4.59. The van der Waals surface area contributed by atoms with Crippen LogP contribution in [0.25, 0.3) is 5.65 Å². The minimum atomic E-state index is -0.365. The van der Waals surface area contributed by atoms with Gasteiger partial charge in [0.05, 0.1) is 11.7 Å². The van der Waals surface area contributed by atoms with Crippen molar-refractivity contribution >= 4 is 11.6 Å². The van der Waals surface area contributed by atoms with Crippen molar-refractivity contribution in [3.05, 3.63) is 52.3 Å². The minimum Gasteiger partial charge on any atom is -0.346 e. The van der Waals surface area contributed by atoms with E-state index < -0.39 is 0 Å². The first-order valence-corrected chi connectivity index (χ1v) is 6.89. The Morgan fingerprint density at radius 3 is 3.00 bits per heavy atom. The van der Waals surface area contributed by atoms with E-state index in [0.717, 1.165) is 5.69 Å². The highest BCUT2D eigenvalue weighted by Gasteiger charge is 2.14. The Hall–Kier alpha value is -2.90. The van der Waals surface area contributed by atoms with Gasteiger partial charge in [0.1, 0.15) is 6.54 Å². The van der Waals surface area contributed by atoms with E-state index in [4.69, 9.17) is 0 Å². The van der Waals surface area contributed by atoms with E-state index in [9.17, 15) is 9.59 Å². The largest absolute Gasteiger partial charge is 0.346 e. The van der Waals surface area contributed by atoms with Crippen molar-refractivity contribution in [2.24, 2.45) is 0 Å². The Balaban J connectivity index is 1.78. The molecule has 3 rings (SSSR count). The smallest absolute Gasteiger partial charge is 0.272 e. The van der Waals surface area contributed by atoms with Crippen LogP contribution in [-0.4, -0.2) is 30.3 Å². The van der Waals surface area contributed by atoms with Crippen LogP contribution < -0.4 is 10.9 Å². The number of nitrogens with zero attached hydrogens (tertiary/aromatic N) is 4. The van der Waals surface area contributed by atoms with Crippen LogP contribution in [0.2, 0.25) is 0 Å². The quantitative estimate of drug-likeness (QED) is 0.729. The van der Waals surface area contributed by atoms with Crippen molar-refractivity contribution in [3.8, 4) is 0 Å². The number of amides is 1. The molecule has 0 aliphatic heterocycles. The van der Waals surface area contributed by atoms with Gasteiger partial charge in [-0.1, -0.05) is 0 Å². The number of nitrogens with one attached hydrogen (secondary N) is 2. The van der Waals surface area contributed by atoms with Crippen LogP contribution in [0.15, 0.2) is 35.4 Å². The van der Waals surface area contributed by atoms with E-state index in [0.29, 0.717) is 11.3 Å². The molecule has 114 valence electrons. The number of aromatic amines is 1. The van der Waals surface area contributed by atoms with Crippen molar-refractivity contribution < 1.29 is 4.79 Å². The normalized spacial score (nSPS) is 12.5. The fourth-order valence-electron chi connectivity index (χ4n) is 2.25. The van der Waals surface area contributed by atoms with Gasteiger partial charge < -0.3 is 5.32 Å². The molecule has 22 heavy (non-hydrogen) atoms. The van der Waals surface area contributed by atoms with E-state index in [-0.39, 0.29) is 24.1 Å². The number of aromatic nitrogens is 5. The second kappa shape index (κ2) is 5.47. The average molecular weight is 300 g/mol. The minimum absolute atomic E-state index is 0.127. The summed E-state index contributed by atoms with van der Waals surface area (Å²) in [5, 5.41) is 9.70. The van der Waals surface area contributed by atoms with Crippen LogP contribution in [-0.2, 0) is 11.3 Å². The molecule has 0 saturated carbocycles. The SMILES string of the molecule is Cc1cc2nc([C@@H](C)NC(=O)Cn3cccn3)cc(=O)n2[nH]1. The number of carbonyl (C=O) groups is 1. The van der Waals surface area contributed by atoms with E-state index in [1.807, 2.05) is 6.92 Å². The van der Waals surface area contributed by atoms with Crippen molar-refractivity contribution in [2.45, 2.75) is 26.4 Å². The Kier molecular flexibility index (Phi) is 3.50. The predicted octanol–water partition coefficient (Wildman–Crippen LogP) is 0.405. The van der Waals surface area contributed by atoms with E-state index in [1.165, 1.54) is 15.3 Å². The van der Waals surface area contributed by atoms with Crippen LogP contribution in [0.4, 0.5) is 0 Å². The lowest BCUT2D eigenvalue weighted by Crippen LogP contribution is -2.31. The van der Waals surface area contributed by atoms with Gasteiger partial charge in [0.25, 0.3) is 5.56 Å². The maximum Gasteiger partial charge on any atom is 0.272 e. The first kappa shape index (κ1) is 14.1. The number of rotatable bonds is 4. The van der Waals surface area contributed by atoms with Crippen LogP contribution >= 0.6 is 0 Å². The fraction of sp³-hybridized carbons (Fsp3) is 0.286. The third-order valence-electron chi connectivity index (χ3n) is 3.28. The zero-order valence-electron chi connectivity index (χ0n) is 12.3. The standard InChI is InChI=1S/C14H16N6O2/c1-9-6-12-17-11(7-14(22)20(12)18-9)10(2)16-13(21)8-19-5-3-4-15-19/h3-7,10,18H,8H2,1-2H3,(H,16,21)/t10-/m1/s1. The van der Waals surface area contributed by atoms with Crippen molar-refractivity contribution in [1.82, 2.24) is 29.7 Å². The first-order chi connectivity index (χ1) is 10.5. The second-order valence-electron chi connectivity index (χ2n) is 5.14. The van der Waals surface area contributed by atoms with Crippen LogP contribution in [0.3, 0.4) is 0 Å². The summed E-state index contributed by atoms with van der Waals surface area (Å²) in [5.74, 6) is -0.191. The van der Waals surface area contributed by atoms with E-state index in [1.54, 1.807) is 31.5 Å². The van der Waals surface area contributed by atoms with Crippen molar-refractivity contribution in [2.75, 3.05) is 0 Å². The zero-order valence-corrected chi connectivity index (χ0v) is 12.3. The van der Waals surface area contributed by atoms with Gasteiger partial charge in [-0.15, -0.1) is 0 Å². The molecule has 8 nitrogen and oxygen atoms in total. The van der Waals surface area contributed by atoms with Gasteiger partial charge in [-0.25, -0.2) is 9.50 Å². The highest BCUT2D eigenvalue weighted by molar-refractivity contribution is 5.76. The molecule has 3 heterocycles. The van der Waals surface area contributed by atoms with Crippen LogP contribution in [0.5, 0.6) is 0 Å². The summed E-state index contributed by atoms with van der Waals surface area (Å²) in [5.41, 5.74) is 1.70. The molecule has 1 amide bonds. The molecule has 3 aromatic heterocycles. The number of hydrogen-bond donors (Lipinski definition) is 2. The molecule has 0 aliphatic rings. The number of fused-ring (bicyclic) bond motifs is 1. The highest BCUT2D eigenvalue weighted by Crippen LogP contribution is 2.09. The molecule has 0 aliphatic carbocycles. The van der Waals surface area contributed by atoms with E-state index >= 15 is 0 Å². The lowest BCUT2D eigenvalue weighted by atomic mass is 10.2. The van der Waals surface area contributed by atoms with Crippen LogP contribution in [0.1, 0.15) is 24.4 Å². The van der Waals surface area contributed by atoms with Gasteiger partial charge >= 0.3 is 0 Å². The predicted molar refractivity (Wildman–Crippen MR) is 79.3 cm³/mol. The number of aryl methyl sites for hydroxylation is 1. The fourth-order valence-corrected chi connectivity index (χ4v) is 2.25. The monoisotopic (exact) mass is 300 g/mol. The second-order valence-corrected chi connectivity index (χ2v) is 5.14. The molecule has 0 radical (unpaired) electrons. The molecule has 0 fully saturated rings. The Bertz CT molecular complexity index is 861. The zero-order chi connectivity index (χ0) is 15.7. The summed E-state index contributed by atoms with van der Waals surface area (Å²) < 4.78 is 2.90. The molecular weight excluding hydrogens is 284 g/mol. The number of carbonyl (C=O) groups excluding carboxylic acids is 1. The Morgan fingerprint density at radius 1 is 1.45 bits per heavy atom. The summed E-state index contributed by atoms with van der Waals surface area (Å²) in [7, 11) is 0. The summed E-state index contributed by atoms with van der Waals surface area (Å²) >= 11 is 0. The average Bonchev–Trinajstić information content (AvgIpc) is 3.07. The molecule has 8 heteroatoms. The highest BCUT2D eigenvalue weighted by atomic mass is 16.2. The molecule has 0 bridgehead atoms. The Labute approximate surface area is 125 Å². The first-order valence-electron chi connectivity index (χ1n) is 6.89. The lowest BCUT2D eigenvalue weighted by Gasteiger charge is -2.13. The van der Waals surface area contributed by atoms with Crippen molar-refractivity contribution in [3.63, 3.8) is 0 Å². The van der Waals surface area contributed by atoms with Gasteiger partial charge in [-0.3, -0.25) is 19.4 Å². The van der Waals surface area contributed by atoms with Crippen molar-refractivity contribution in [1.29, 1.82) is 0 Å². The summed E-state index contributed by atoms with van der Waals surface area (Å²) in [6.07, 6.45) is 3.32. The maximum atomic E-state index is 12.0. The van der Waals surface area contributed by atoms with Gasteiger partial charge in [0.15, 0.2) is 5.65 Å². The summed E-state index contributed by atoms with van der Waals surface area (Å²) in [4.78, 5) is 28.4. The molecule has 2 N–H and O–H groups in total. The topological polar surface area (TPSA) is 97.1 Å². The van der Waals surface area contributed by atoms with Gasteiger partial charge in [-0.05, 0) is 19.9 Å². The molecule has 1 atom stereocenters. The molecule has 0 unspecified atom stereocenters. The molecule has 3 aromatic rings. The van der Waals surface area contributed by atoms with E-state index in [2.05, 4.69) is 20.5 Å². The number of hydrogen-bond acceptors (Lipinski definition) is 4. The molecule has 0 spiro atoms. The molecule has 0 aromatic carbocycles. The molecular formula is C14H16N6O2. The lowest BCUT2D eigenvalue weighted by molar-refractivity contribution is -0.122.